The molecular formula is C44H45NO12. The van der Waals surface area contributed by atoms with Crippen LogP contribution < -0.4 is 0 Å². The monoisotopic (exact) mass is 779 g/mol. The lowest BCUT2D eigenvalue weighted by Gasteiger charge is -2.44. The average molecular weight is 780 g/mol. The molecule has 1 aliphatic rings. The Morgan fingerprint density at radius 1 is 0.596 bits per heavy atom. The Labute approximate surface area is 330 Å². The standard InChI is InChI=1S/C44H45NO12/c1-27(52-44-42(55-31(5)49)41(54-30(4)48)40(53-29(3)47)36(56-44)26-51-28(2)46)37(45-38(32-18-10-6-11-19-32)33-20-12-7-13-21-33)43(50)57-39(34-22-14-8-15-23-34)35-24-16-9-17-25-35/h6-25,27,36-37,39-42,44H,26H2,1-5H3/t27-,36-,37+,40-,41+,42-,44-/m1/s1. The molecule has 1 saturated heterocycles. The summed E-state index contributed by atoms with van der Waals surface area (Å²) >= 11 is 0. The number of rotatable bonds is 15. The average Bonchev–Trinajstić information content (AvgIpc) is 3.19. The first-order valence-corrected chi connectivity index (χ1v) is 18.4. The van der Waals surface area contributed by atoms with Crippen molar-refractivity contribution in [3.05, 3.63) is 144 Å². The topological polar surface area (TPSA) is 162 Å². The summed E-state index contributed by atoms with van der Waals surface area (Å²) in [6.07, 6.45) is -9.31. The maximum atomic E-state index is 14.7. The Bertz CT molecular complexity index is 1910. The highest BCUT2D eigenvalue weighted by molar-refractivity contribution is 6.13. The molecule has 7 atom stereocenters. The summed E-state index contributed by atoms with van der Waals surface area (Å²) in [5, 5.41) is 0. The van der Waals surface area contributed by atoms with Crippen molar-refractivity contribution in [3.63, 3.8) is 0 Å². The first-order chi connectivity index (χ1) is 27.4. The molecular weight excluding hydrogens is 734 g/mol. The van der Waals surface area contributed by atoms with Crippen molar-refractivity contribution in [2.24, 2.45) is 4.99 Å². The molecule has 0 saturated carbocycles. The quantitative estimate of drug-likeness (QED) is 0.0822. The summed E-state index contributed by atoms with van der Waals surface area (Å²) < 4.78 is 41.0. The van der Waals surface area contributed by atoms with Crippen molar-refractivity contribution in [3.8, 4) is 0 Å². The van der Waals surface area contributed by atoms with E-state index < -0.39 is 85.4 Å². The van der Waals surface area contributed by atoms with Crippen molar-refractivity contribution < 1.29 is 57.1 Å². The van der Waals surface area contributed by atoms with Crippen molar-refractivity contribution in [2.45, 2.75) is 83.6 Å². The molecule has 1 fully saturated rings. The van der Waals surface area contributed by atoms with Crippen LogP contribution in [-0.4, -0.2) is 85.0 Å². The normalized spacial score (nSPS) is 19.9. The van der Waals surface area contributed by atoms with E-state index in [0.29, 0.717) is 28.0 Å². The van der Waals surface area contributed by atoms with Crippen molar-refractivity contribution in [2.75, 3.05) is 6.61 Å². The lowest BCUT2D eigenvalue weighted by atomic mass is 9.97. The lowest BCUT2D eigenvalue weighted by molar-refractivity contribution is -0.316. The number of carbonyl (C=O) groups is 5. The second-order valence-electron chi connectivity index (χ2n) is 13.2. The van der Waals surface area contributed by atoms with Crippen LogP contribution in [0, 0.1) is 0 Å². The highest BCUT2D eigenvalue weighted by Gasteiger charge is 2.53. The second-order valence-corrected chi connectivity index (χ2v) is 13.2. The van der Waals surface area contributed by atoms with Crippen LogP contribution in [0.4, 0.5) is 0 Å². The van der Waals surface area contributed by atoms with Gasteiger partial charge in [-0.2, -0.15) is 0 Å². The van der Waals surface area contributed by atoms with Crippen LogP contribution in [0.25, 0.3) is 0 Å². The minimum atomic E-state index is -1.58. The van der Waals surface area contributed by atoms with E-state index in [1.165, 1.54) is 6.92 Å². The van der Waals surface area contributed by atoms with Gasteiger partial charge in [-0.15, -0.1) is 0 Å². The van der Waals surface area contributed by atoms with Crippen LogP contribution in [0.3, 0.4) is 0 Å². The first-order valence-electron chi connectivity index (χ1n) is 18.4. The predicted molar refractivity (Wildman–Crippen MR) is 206 cm³/mol. The van der Waals surface area contributed by atoms with Gasteiger partial charge >= 0.3 is 29.8 Å². The maximum absolute atomic E-state index is 14.7. The van der Waals surface area contributed by atoms with Crippen LogP contribution in [0.1, 0.15) is 63.0 Å². The molecule has 13 nitrogen and oxygen atoms in total. The van der Waals surface area contributed by atoms with Gasteiger partial charge in [0.1, 0.15) is 12.7 Å². The van der Waals surface area contributed by atoms with Crippen molar-refractivity contribution >= 4 is 35.6 Å². The van der Waals surface area contributed by atoms with Gasteiger partial charge in [-0.1, -0.05) is 121 Å². The molecule has 0 unspecified atom stereocenters. The molecule has 0 aliphatic carbocycles. The van der Waals surface area contributed by atoms with Gasteiger partial charge in [-0.25, -0.2) is 4.79 Å². The molecule has 0 aromatic heterocycles. The summed E-state index contributed by atoms with van der Waals surface area (Å²) in [7, 11) is 0. The van der Waals surface area contributed by atoms with Gasteiger partial charge in [0.2, 0.25) is 0 Å². The van der Waals surface area contributed by atoms with E-state index in [2.05, 4.69) is 0 Å². The van der Waals surface area contributed by atoms with E-state index >= 15 is 0 Å². The van der Waals surface area contributed by atoms with E-state index in [4.69, 9.17) is 38.2 Å². The zero-order valence-corrected chi connectivity index (χ0v) is 32.2. The minimum Gasteiger partial charge on any atom is -0.463 e. The molecule has 5 rings (SSSR count). The van der Waals surface area contributed by atoms with E-state index in [9.17, 15) is 24.0 Å². The summed E-state index contributed by atoms with van der Waals surface area (Å²) in [6.45, 7) is 5.66. The predicted octanol–water partition coefficient (Wildman–Crippen LogP) is 5.71. The number of ether oxygens (including phenoxy) is 7. The molecule has 0 radical (unpaired) electrons. The lowest BCUT2D eigenvalue weighted by Crippen LogP contribution is -2.63. The summed E-state index contributed by atoms with van der Waals surface area (Å²) in [6, 6.07) is 35.6. The molecule has 4 aromatic rings. The number of hydrogen-bond acceptors (Lipinski definition) is 13. The molecule has 57 heavy (non-hydrogen) atoms. The highest BCUT2D eigenvalue weighted by Crippen LogP contribution is 2.33. The Morgan fingerprint density at radius 3 is 1.49 bits per heavy atom. The van der Waals surface area contributed by atoms with Crippen LogP contribution >= 0.6 is 0 Å². The van der Waals surface area contributed by atoms with Crippen LogP contribution in [-0.2, 0) is 57.1 Å². The summed E-state index contributed by atoms with van der Waals surface area (Å²) in [5.41, 5.74) is 3.26. The Kier molecular flexibility index (Phi) is 14.8. The van der Waals surface area contributed by atoms with Gasteiger partial charge in [0.15, 0.2) is 36.7 Å². The summed E-state index contributed by atoms with van der Waals surface area (Å²) in [5.74, 6) is -3.82. The van der Waals surface area contributed by atoms with Crippen LogP contribution in [0.15, 0.2) is 126 Å². The SMILES string of the molecule is CC(=O)OC[C@H]1O[C@@H](O[C@H](C)[C@H](N=C(c2ccccc2)c2ccccc2)C(=O)OC(c2ccccc2)c2ccccc2)[C@H](OC(C)=O)[C@@H](OC(C)=O)[C@@H]1OC(C)=O. The molecule has 1 aliphatic heterocycles. The first kappa shape index (κ1) is 42.0. The van der Waals surface area contributed by atoms with Crippen molar-refractivity contribution in [1.29, 1.82) is 0 Å². The highest BCUT2D eigenvalue weighted by atomic mass is 16.7. The molecule has 13 heteroatoms. The van der Waals surface area contributed by atoms with Crippen LogP contribution in [0.2, 0.25) is 0 Å². The fraction of sp³-hybridized carbons (Fsp3) is 0.318. The fourth-order valence-electron chi connectivity index (χ4n) is 6.35. The van der Waals surface area contributed by atoms with Crippen molar-refractivity contribution in [1.82, 2.24) is 0 Å². The number of aliphatic imine (C=N–C) groups is 1. The van der Waals surface area contributed by atoms with Gasteiger partial charge < -0.3 is 33.2 Å². The molecule has 1 heterocycles. The molecule has 0 bridgehead atoms. The Balaban J connectivity index is 1.61. The molecule has 0 amide bonds. The Hall–Kier alpha value is -6.18. The number of benzene rings is 4. The molecule has 298 valence electrons. The van der Waals surface area contributed by atoms with Crippen LogP contribution in [0.5, 0.6) is 0 Å². The molecule has 4 aromatic carbocycles. The number of nitrogens with zero attached hydrogens (tertiary/aromatic N) is 1. The fourth-order valence-corrected chi connectivity index (χ4v) is 6.35. The van der Waals surface area contributed by atoms with Gasteiger partial charge in [0, 0.05) is 38.8 Å². The zero-order valence-electron chi connectivity index (χ0n) is 32.2. The molecule has 0 spiro atoms. The van der Waals surface area contributed by atoms with Gasteiger partial charge in [0.25, 0.3) is 0 Å². The summed E-state index contributed by atoms with van der Waals surface area (Å²) in [4.78, 5) is 69.0. The molecule has 0 N–H and O–H groups in total. The third-order valence-corrected chi connectivity index (χ3v) is 8.78. The van der Waals surface area contributed by atoms with E-state index in [1.807, 2.05) is 121 Å². The number of hydrogen-bond donors (Lipinski definition) is 0. The minimum absolute atomic E-state index is 0.450. The number of esters is 5. The van der Waals surface area contributed by atoms with E-state index in [0.717, 1.165) is 20.8 Å². The largest absolute Gasteiger partial charge is 0.463 e. The third-order valence-electron chi connectivity index (χ3n) is 8.78. The van der Waals surface area contributed by atoms with E-state index in [-0.39, 0.29) is 0 Å². The zero-order chi connectivity index (χ0) is 40.9. The van der Waals surface area contributed by atoms with Gasteiger partial charge in [-0.05, 0) is 18.1 Å². The van der Waals surface area contributed by atoms with E-state index in [1.54, 1.807) is 6.92 Å². The maximum Gasteiger partial charge on any atom is 0.334 e. The smallest absolute Gasteiger partial charge is 0.334 e. The van der Waals surface area contributed by atoms with Gasteiger partial charge in [-0.3, -0.25) is 24.2 Å². The Morgan fingerprint density at radius 2 is 1.04 bits per heavy atom. The number of carbonyl (C=O) groups excluding carboxylic acids is 5. The third kappa shape index (κ3) is 11.7. The second kappa shape index (κ2) is 20.1. The van der Waals surface area contributed by atoms with Gasteiger partial charge in [0.05, 0.1) is 11.8 Å².